The second kappa shape index (κ2) is 6.90. The molecule has 0 bridgehead atoms. The number of esters is 1. The number of ether oxygens (including phenoxy) is 2. The molecule has 4 heteroatoms. The van der Waals surface area contributed by atoms with Crippen molar-refractivity contribution in [3.8, 4) is 0 Å². The predicted molar refractivity (Wildman–Crippen MR) is 69.0 cm³/mol. The van der Waals surface area contributed by atoms with E-state index in [-0.39, 0.29) is 18.2 Å². The van der Waals surface area contributed by atoms with Crippen molar-refractivity contribution < 1.29 is 14.3 Å². The van der Waals surface area contributed by atoms with E-state index in [0.717, 1.165) is 0 Å². The third-order valence-corrected chi connectivity index (χ3v) is 3.59. The molecular weight excluding hydrogens is 230 g/mol. The molecule has 0 aromatic carbocycles. The van der Waals surface area contributed by atoms with Crippen LogP contribution in [0, 0.1) is 5.92 Å². The zero-order valence-electron chi connectivity index (χ0n) is 11.1. The predicted octanol–water partition coefficient (Wildman–Crippen LogP) is 2.00. The summed E-state index contributed by atoms with van der Waals surface area (Å²) in [5, 5.41) is 3.13. The summed E-state index contributed by atoms with van der Waals surface area (Å²) in [6, 6.07) is -0.314. The summed E-state index contributed by atoms with van der Waals surface area (Å²) >= 11 is 0. The topological polar surface area (TPSA) is 47.6 Å². The molecule has 2 rings (SSSR count). The molecule has 2 atom stereocenters. The van der Waals surface area contributed by atoms with Crippen molar-refractivity contribution in [2.75, 3.05) is 13.2 Å². The molecule has 1 aliphatic carbocycles. The van der Waals surface area contributed by atoms with Crippen LogP contribution in [-0.4, -0.2) is 31.5 Å². The van der Waals surface area contributed by atoms with Gasteiger partial charge in [0.25, 0.3) is 0 Å². The molecule has 2 unspecified atom stereocenters. The van der Waals surface area contributed by atoms with Gasteiger partial charge in [0.05, 0.1) is 13.2 Å². The van der Waals surface area contributed by atoms with E-state index in [9.17, 15) is 4.79 Å². The summed E-state index contributed by atoms with van der Waals surface area (Å²) in [6.45, 7) is 2.63. The van der Waals surface area contributed by atoms with Gasteiger partial charge in [0, 0.05) is 0 Å². The summed E-state index contributed by atoms with van der Waals surface area (Å²) < 4.78 is 10.5. The first-order chi connectivity index (χ1) is 8.79. The maximum Gasteiger partial charge on any atom is 0.325 e. The molecule has 0 radical (unpaired) electrons. The number of allylic oxidation sites excluding steroid dienone is 1. The van der Waals surface area contributed by atoms with E-state index < -0.39 is 0 Å². The Hall–Kier alpha value is -0.870. The van der Waals surface area contributed by atoms with Crippen LogP contribution in [0.1, 0.15) is 39.0 Å². The summed E-state index contributed by atoms with van der Waals surface area (Å²) in [6.07, 6.45) is 10.8. The molecule has 1 saturated carbocycles. The number of carbonyl (C=O) groups excluding carboxylic acids is 1. The van der Waals surface area contributed by atoms with Crippen molar-refractivity contribution in [3.05, 3.63) is 12.2 Å². The lowest BCUT2D eigenvalue weighted by molar-refractivity contribution is -0.145. The molecule has 18 heavy (non-hydrogen) atoms. The number of rotatable bonds is 4. The third-order valence-electron chi connectivity index (χ3n) is 3.59. The van der Waals surface area contributed by atoms with Crippen molar-refractivity contribution >= 4 is 5.97 Å². The summed E-state index contributed by atoms with van der Waals surface area (Å²) in [4.78, 5) is 11.5. The molecule has 4 nitrogen and oxygen atoms in total. The van der Waals surface area contributed by atoms with Crippen LogP contribution in [-0.2, 0) is 14.3 Å². The average Bonchev–Trinajstić information content (AvgIpc) is 2.87. The van der Waals surface area contributed by atoms with Gasteiger partial charge in [-0.25, -0.2) is 0 Å². The fourth-order valence-corrected chi connectivity index (χ4v) is 2.57. The largest absolute Gasteiger partial charge is 0.465 e. The van der Waals surface area contributed by atoms with Crippen molar-refractivity contribution in [2.24, 2.45) is 5.92 Å². The molecule has 1 aliphatic heterocycles. The van der Waals surface area contributed by atoms with Crippen LogP contribution in [0.4, 0.5) is 0 Å². The number of carbonyl (C=O) groups is 1. The Kier molecular flexibility index (Phi) is 5.20. The Bertz CT molecular complexity index is 297. The quantitative estimate of drug-likeness (QED) is 0.615. The Morgan fingerprint density at radius 3 is 2.83 bits per heavy atom. The minimum atomic E-state index is -0.314. The minimum absolute atomic E-state index is 0.138. The van der Waals surface area contributed by atoms with Gasteiger partial charge in [0.1, 0.15) is 12.3 Å². The van der Waals surface area contributed by atoms with Gasteiger partial charge >= 0.3 is 5.97 Å². The highest BCUT2D eigenvalue weighted by Crippen LogP contribution is 2.24. The second-order valence-corrected chi connectivity index (χ2v) is 5.01. The number of hydrogen-bond acceptors (Lipinski definition) is 4. The zero-order chi connectivity index (χ0) is 12.8. The lowest BCUT2D eigenvalue weighted by atomic mass is 9.89. The van der Waals surface area contributed by atoms with E-state index in [0.29, 0.717) is 19.1 Å². The molecule has 1 heterocycles. The second-order valence-electron chi connectivity index (χ2n) is 5.01. The fourth-order valence-electron chi connectivity index (χ4n) is 2.57. The molecule has 2 fully saturated rings. The average molecular weight is 253 g/mol. The van der Waals surface area contributed by atoms with Gasteiger partial charge in [-0.05, 0) is 31.8 Å². The number of hydrogen-bond donors (Lipinski definition) is 1. The van der Waals surface area contributed by atoms with Crippen LogP contribution in [0.5, 0.6) is 0 Å². The van der Waals surface area contributed by atoms with Crippen LogP contribution in [0.15, 0.2) is 12.2 Å². The van der Waals surface area contributed by atoms with Gasteiger partial charge in [-0.15, -0.1) is 0 Å². The van der Waals surface area contributed by atoms with E-state index in [1.807, 2.05) is 6.92 Å². The minimum Gasteiger partial charge on any atom is -0.465 e. The van der Waals surface area contributed by atoms with E-state index in [4.69, 9.17) is 9.47 Å². The standard InChI is InChI=1S/C14H23NO3/c1-2-17-14(16)12-10-18-13(15-12)9-8-11-6-4-3-5-7-11/h8-9,11-13,15H,2-7,10H2,1H3. The maximum absolute atomic E-state index is 11.5. The van der Waals surface area contributed by atoms with Crippen LogP contribution < -0.4 is 5.32 Å². The van der Waals surface area contributed by atoms with Crippen LogP contribution in [0.2, 0.25) is 0 Å². The fraction of sp³-hybridized carbons (Fsp3) is 0.786. The summed E-state index contributed by atoms with van der Waals surface area (Å²) in [5.41, 5.74) is 0. The molecule has 1 saturated heterocycles. The molecule has 2 aliphatic rings. The van der Waals surface area contributed by atoms with E-state index in [2.05, 4.69) is 17.5 Å². The lowest BCUT2D eigenvalue weighted by Gasteiger charge is -2.18. The summed E-state index contributed by atoms with van der Waals surface area (Å²) in [7, 11) is 0. The highest BCUT2D eigenvalue weighted by molar-refractivity contribution is 5.76. The lowest BCUT2D eigenvalue weighted by Crippen LogP contribution is -2.37. The highest BCUT2D eigenvalue weighted by Gasteiger charge is 2.29. The number of nitrogens with one attached hydrogen (secondary N) is 1. The van der Waals surface area contributed by atoms with Crippen LogP contribution in [0.3, 0.4) is 0 Å². The Balaban J connectivity index is 1.74. The molecule has 0 aromatic rings. The Morgan fingerprint density at radius 2 is 2.11 bits per heavy atom. The van der Waals surface area contributed by atoms with Gasteiger partial charge in [0.2, 0.25) is 0 Å². The van der Waals surface area contributed by atoms with E-state index in [1.54, 1.807) is 0 Å². The summed E-state index contributed by atoms with van der Waals surface area (Å²) in [5.74, 6) is 0.469. The third kappa shape index (κ3) is 3.82. The van der Waals surface area contributed by atoms with Crippen molar-refractivity contribution in [1.82, 2.24) is 5.32 Å². The van der Waals surface area contributed by atoms with Crippen molar-refractivity contribution in [3.63, 3.8) is 0 Å². The molecule has 0 amide bonds. The van der Waals surface area contributed by atoms with E-state index >= 15 is 0 Å². The first kappa shape index (κ1) is 13.6. The smallest absolute Gasteiger partial charge is 0.325 e. The SMILES string of the molecule is CCOC(=O)C1COC(C=CC2CCCCC2)N1. The van der Waals surface area contributed by atoms with Gasteiger partial charge in [0.15, 0.2) is 0 Å². The molecule has 1 N–H and O–H groups in total. The molecule has 0 spiro atoms. The molecule has 0 aromatic heterocycles. The first-order valence-corrected chi connectivity index (χ1v) is 7.02. The zero-order valence-corrected chi connectivity index (χ0v) is 11.1. The van der Waals surface area contributed by atoms with Crippen molar-refractivity contribution in [2.45, 2.75) is 51.3 Å². The molecular formula is C14H23NO3. The van der Waals surface area contributed by atoms with Gasteiger partial charge in [-0.1, -0.05) is 25.3 Å². The Labute approximate surface area is 109 Å². The van der Waals surface area contributed by atoms with E-state index in [1.165, 1.54) is 32.1 Å². The highest BCUT2D eigenvalue weighted by atomic mass is 16.5. The van der Waals surface area contributed by atoms with Gasteiger partial charge in [-0.3, -0.25) is 10.1 Å². The first-order valence-electron chi connectivity index (χ1n) is 7.02. The monoisotopic (exact) mass is 253 g/mol. The van der Waals surface area contributed by atoms with Crippen molar-refractivity contribution in [1.29, 1.82) is 0 Å². The van der Waals surface area contributed by atoms with Gasteiger partial charge < -0.3 is 9.47 Å². The van der Waals surface area contributed by atoms with Crippen LogP contribution in [0.25, 0.3) is 0 Å². The molecule has 102 valence electrons. The Morgan fingerprint density at radius 1 is 1.33 bits per heavy atom. The normalized spacial score (nSPS) is 29.8. The van der Waals surface area contributed by atoms with Crippen LogP contribution >= 0.6 is 0 Å². The maximum atomic E-state index is 11.5. The van der Waals surface area contributed by atoms with Gasteiger partial charge in [-0.2, -0.15) is 0 Å².